The molecule has 7 rings (SSSR count). The highest BCUT2D eigenvalue weighted by atomic mass is 32.1. The van der Waals surface area contributed by atoms with Crippen molar-refractivity contribution in [2.24, 2.45) is 5.92 Å². The molecule has 0 radical (unpaired) electrons. The molecule has 0 saturated carbocycles. The minimum atomic E-state index is -0.368. The number of nitrogens with zero attached hydrogens (tertiary/aromatic N) is 3. The summed E-state index contributed by atoms with van der Waals surface area (Å²) in [4.78, 5) is 49.5. The summed E-state index contributed by atoms with van der Waals surface area (Å²) in [5.41, 5.74) is 4.16. The van der Waals surface area contributed by atoms with Crippen LogP contribution in [0.1, 0.15) is 41.4 Å². The summed E-state index contributed by atoms with van der Waals surface area (Å²) in [6.45, 7) is 6.00. The molecule has 10 nitrogen and oxygen atoms in total. The molecule has 4 amide bonds. The Kier molecular flexibility index (Phi) is 7.27. The second-order valence-corrected chi connectivity index (χ2v) is 12.2. The summed E-state index contributed by atoms with van der Waals surface area (Å²) in [6, 6.07) is 16.5. The number of nitrogens with one attached hydrogen (secondary N) is 3. The number of pyridine rings is 1. The Morgan fingerprint density at radius 3 is 2.68 bits per heavy atom. The first-order chi connectivity index (χ1) is 21.4. The van der Waals surface area contributed by atoms with Gasteiger partial charge in [0.2, 0.25) is 5.91 Å². The van der Waals surface area contributed by atoms with Gasteiger partial charge in [0.25, 0.3) is 5.91 Å². The van der Waals surface area contributed by atoms with Crippen molar-refractivity contribution in [3.63, 3.8) is 0 Å². The van der Waals surface area contributed by atoms with E-state index in [2.05, 4.69) is 20.9 Å². The topological polar surface area (TPSA) is 116 Å². The highest BCUT2D eigenvalue weighted by Crippen LogP contribution is 2.46. The lowest BCUT2D eigenvalue weighted by molar-refractivity contribution is -0.133. The van der Waals surface area contributed by atoms with Crippen molar-refractivity contribution in [1.82, 2.24) is 20.5 Å². The van der Waals surface area contributed by atoms with Crippen molar-refractivity contribution in [2.75, 3.05) is 29.9 Å². The van der Waals surface area contributed by atoms with E-state index in [-0.39, 0.29) is 23.8 Å². The summed E-state index contributed by atoms with van der Waals surface area (Å²) >= 11 is 1.24. The number of rotatable bonds is 6. The summed E-state index contributed by atoms with van der Waals surface area (Å²) < 4.78 is 5.99. The first-order valence-electron chi connectivity index (χ1n) is 14.8. The molecule has 224 valence electrons. The first-order valence-corrected chi connectivity index (χ1v) is 15.6. The van der Waals surface area contributed by atoms with Crippen LogP contribution in [0.2, 0.25) is 0 Å². The molecule has 2 aromatic carbocycles. The highest BCUT2D eigenvalue weighted by molar-refractivity contribution is 7.21. The lowest BCUT2D eigenvalue weighted by atomic mass is 10.0. The van der Waals surface area contributed by atoms with Crippen LogP contribution in [-0.2, 0) is 4.79 Å². The second kappa shape index (κ2) is 11.4. The molecular weight excluding hydrogens is 576 g/mol. The Morgan fingerprint density at radius 1 is 1.07 bits per heavy atom. The number of urea groups is 1. The molecule has 0 unspecified atom stereocenters. The van der Waals surface area contributed by atoms with Crippen LogP contribution in [0.3, 0.4) is 0 Å². The van der Waals surface area contributed by atoms with Crippen LogP contribution in [0, 0.1) is 12.8 Å². The number of allylic oxidation sites excluding steroid dienone is 2. The maximum absolute atomic E-state index is 13.7. The van der Waals surface area contributed by atoms with Gasteiger partial charge in [-0.05, 0) is 81.6 Å². The number of hydrogen-bond acceptors (Lipinski definition) is 7. The number of ether oxygens (including phenoxy) is 1. The predicted octanol–water partition coefficient (Wildman–Crippen LogP) is 6.27. The number of anilines is 3. The second-order valence-electron chi connectivity index (χ2n) is 11.2. The van der Waals surface area contributed by atoms with E-state index in [1.165, 1.54) is 11.3 Å². The molecular formula is C33H32N6O4S. The third-order valence-electron chi connectivity index (χ3n) is 8.43. The standard InChI is InChI=1S/C33H32N6O4S/c1-19-17-23(43-22-7-4-3-5-8-22)10-11-25(19)39-26-13-15-35-31-27(26)28(37-33(39)42)29(44-31)30(40)36-24-9-6-16-38(20(24)2)32(41)21-12-14-34-18-21/h3-5,7-8,10-11,13,15,17,21,34H,6,9,12,14,16,18H2,1-2H3,(H,36,40)(H,37,42)/t21-/m0/s1. The molecule has 0 spiro atoms. The van der Waals surface area contributed by atoms with Crippen molar-refractivity contribution in [1.29, 1.82) is 0 Å². The number of carbonyl (C=O) groups is 3. The summed E-state index contributed by atoms with van der Waals surface area (Å²) in [5, 5.41) is 10.0. The average Bonchev–Trinajstić information content (AvgIpc) is 3.69. The fraction of sp³-hybridized carbons (Fsp3) is 0.273. The molecule has 3 aliphatic heterocycles. The van der Waals surface area contributed by atoms with Crippen molar-refractivity contribution in [3.05, 3.63) is 82.6 Å². The lowest BCUT2D eigenvalue weighted by Crippen LogP contribution is -2.41. The largest absolute Gasteiger partial charge is 0.457 e. The number of para-hydroxylation sites is 1. The molecule has 4 aromatic rings. The van der Waals surface area contributed by atoms with E-state index in [9.17, 15) is 14.4 Å². The Labute approximate surface area is 258 Å². The van der Waals surface area contributed by atoms with E-state index in [4.69, 9.17) is 4.74 Å². The average molecular weight is 609 g/mol. The highest BCUT2D eigenvalue weighted by Gasteiger charge is 2.35. The molecule has 0 aliphatic carbocycles. The Morgan fingerprint density at radius 2 is 1.91 bits per heavy atom. The molecule has 44 heavy (non-hydrogen) atoms. The maximum atomic E-state index is 13.7. The molecule has 11 heteroatoms. The van der Waals surface area contributed by atoms with Gasteiger partial charge in [-0.25, -0.2) is 9.78 Å². The minimum Gasteiger partial charge on any atom is -0.457 e. The van der Waals surface area contributed by atoms with Crippen LogP contribution in [0.4, 0.5) is 21.9 Å². The Hall–Kier alpha value is -4.74. The van der Waals surface area contributed by atoms with Gasteiger partial charge in [0.15, 0.2) is 0 Å². The van der Waals surface area contributed by atoms with Gasteiger partial charge >= 0.3 is 6.03 Å². The van der Waals surface area contributed by atoms with Crippen molar-refractivity contribution in [3.8, 4) is 11.5 Å². The van der Waals surface area contributed by atoms with Crippen LogP contribution >= 0.6 is 11.3 Å². The van der Waals surface area contributed by atoms with E-state index in [1.807, 2.05) is 67.3 Å². The maximum Gasteiger partial charge on any atom is 0.331 e. The van der Waals surface area contributed by atoms with E-state index >= 15 is 0 Å². The normalized spacial score (nSPS) is 18.0. The van der Waals surface area contributed by atoms with E-state index < -0.39 is 0 Å². The number of hydrogen-bond donors (Lipinski definition) is 3. The van der Waals surface area contributed by atoms with Crippen molar-refractivity contribution >= 4 is 56.5 Å². The Balaban J connectivity index is 1.18. The lowest BCUT2D eigenvalue weighted by Gasteiger charge is -2.32. The van der Waals surface area contributed by atoms with E-state index in [0.29, 0.717) is 57.4 Å². The van der Waals surface area contributed by atoms with Crippen LogP contribution in [0.15, 0.2) is 72.2 Å². The Bertz CT molecular complexity index is 1830. The fourth-order valence-electron chi connectivity index (χ4n) is 6.18. The SMILES string of the molecule is CC1=C(NC(=O)c2sc3nccc4c3c2NC(=O)N4c2ccc(Oc3ccccc3)cc2C)CCCN1C(=O)[C@H]1CCNC1. The van der Waals surface area contributed by atoms with Crippen molar-refractivity contribution in [2.45, 2.75) is 33.1 Å². The number of amides is 4. The number of benzene rings is 2. The third-order valence-corrected chi connectivity index (χ3v) is 9.53. The quantitative estimate of drug-likeness (QED) is 0.238. The zero-order chi connectivity index (χ0) is 30.4. The first kappa shape index (κ1) is 28.1. The van der Waals surface area contributed by atoms with Crippen LogP contribution in [0.25, 0.3) is 10.2 Å². The fourth-order valence-corrected chi connectivity index (χ4v) is 7.20. The zero-order valence-electron chi connectivity index (χ0n) is 24.5. The molecule has 1 atom stereocenters. The summed E-state index contributed by atoms with van der Waals surface area (Å²) in [6.07, 6.45) is 3.91. The van der Waals surface area contributed by atoms with Gasteiger partial charge in [-0.15, -0.1) is 11.3 Å². The summed E-state index contributed by atoms with van der Waals surface area (Å²) in [7, 11) is 0. The molecule has 2 aromatic heterocycles. The smallest absolute Gasteiger partial charge is 0.331 e. The van der Waals surface area contributed by atoms with Gasteiger partial charge in [-0.1, -0.05) is 18.2 Å². The van der Waals surface area contributed by atoms with E-state index in [1.54, 1.807) is 17.2 Å². The van der Waals surface area contributed by atoms with Gasteiger partial charge < -0.3 is 25.6 Å². The van der Waals surface area contributed by atoms with Crippen molar-refractivity contribution < 1.29 is 19.1 Å². The number of aromatic nitrogens is 1. The van der Waals surface area contributed by atoms with Crippen LogP contribution < -0.4 is 25.6 Å². The van der Waals surface area contributed by atoms with Gasteiger partial charge in [0, 0.05) is 30.7 Å². The molecule has 5 heterocycles. The zero-order valence-corrected chi connectivity index (χ0v) is 25.3. The number of thiophene rings is 1. The molecule has 0 bridgehead atoms. The monoisotopic (exact) mass is 608 g/mol. The van der Waals surface area contributed by atoms with Gasteiger partial charge in [-0.3, -0.25) is 14.5 Å². The van der Waals surface area contributed by atoms with Gasteiger partial charge in [0.05, 0.1) is 28.4 Å². The predicted molar refractivity (Wildman–Crippen MR) is 171 cm³/mol. The molecule has 1 saturated heterocycles. The van der Waals surface area contributed by atoms with Gasteiger partial charge in [-0.2, -0.15) is 0 Å². The number of carbonyl (C=O) groups excluding carboxylic acids is 3. The van der Waals surface area contributed by atoms with Crippen LogP contribution in [-0.4, -0.2) is 47.4 Å². The molecule has 3 N–H and O–H groups in total. The van der Waals surface area contributed by atoms with Gasteiger partial charge in [0.1, 0.15) is 21.2 Å². The number of aryl methyl sites for hydroxylation is 1. The van der Waals surface area contributed by atoms with E-state index in [0.717, 1.165) is 42.1 Å². The molecule has 1 fully saturated rings. The minimum absolute atomic E-state index is 0.0362. The summed E-state index contributed by atoms with van der Waals surface area (Å²) in [5.74, 6) is 1.13. The third kappa shape index (κ3) is 4.97. The molecule has 3 aliphatic rings. The van der Waals surface area contributed by atoms with Crippen LogP contribution in [0.5, 0.6) is 11.5 Å².